The Hall–Kier alpha value is -5.11. The zero-order chi connectivity index (χ0) is 25.3. The van der Waals surface area contributed by atoms with E-state index >= 15 is 0 Å². The lowest BCUT2D eigenvalue weighted by Crippen LogP contribution is -2.17. The molecule has 5 rings (SSSR count). The quantitative estimate of drug-likeness (QED) is 0.239. The van der Waals surface area contributed by atoms with Gasteiger partial charge in [-0.25, -0.2) is 5.43 Å². The maximum absolute atomic E-state index is 12.5. The van der Waals surface area contributed by atoms with Crippen LogP contribution in [-0.4, -0.2) is 32.3 Å². The summed E-state index contributed by atoms with van der Waals surface area (Å²) >= 11 is 0. The van der Waals surface area contributed by atoms with E-state index in [0.29, 0.717) is 24.5 Å². The van der Waals surface area contributed by atoms with E-state index in [-0.39, 0.29) is 5.91 Å². The molecule has 0 unspecified atom stereocenters. The molecular weight excluding hydrogens is 464 g/mol. The fourth-order valence-corrected chi connectivity index (χ4v) is 3.59. The van der Waals surface area contributed by atoms with Gasteiger partial charge in [0.2, 0.25) is 5.82 Å². The van der Waals surface area contributed by atoms with Crippen LogP contribution in [-0.2, 0) is 13.2 Å². The Bertz CT molecular complexity index is 1480. The van der Waals surface area contributed by atoms with Crippen molar-refractivity contribution in [2.24, 2.45) is 5.10 Å². The molecule has 1 aromatic heterocycles. The van der Waals surface area contributed by atoms with Gasteiger partial charge in [-0.3, -0.25) is 4.79 Å². The zero-order valence-corrected chi connectivity index (χ0v) is 19.9. The number of hydrazone groups is 1. The van der Waals surface area contributed by atoms with Crippen molar-refractivity contribution >= 4 is 12.1 Å². The average molecular weight is 489 g/mol. The number of rotatable bonds is 9. The van der Waals surface area contributed by atoms with Gasteiger partial charge in [-0.15, -0.1) is 10.2 Å². The molecule has 0 aliphatic rings. The fraction of sp³-hybridized carbons (Fsp3) is 0.0690. The highest BCUT2D eigenvalue weighted by Gasteiger charge is 2.08. The zero-order valence-electron chi connectivity index (χ0n) is 19.9. The second kappa shape index (κ2) is 11.5. The number of nitrogens with zero attached hydrogens (tertiary/aromatic N) is 5. The van der Waals surface area contributed by atoms with E-state index in [2.05, 4.69) is 25.9 Å². The highest BCUT2D eigenvalue weighted by molar-refractivity contribution is 5.94. The number of ether oxygens (including phenoxy) is 1. The first-order valence-electron chi connectivity index (χ1n) is 11.8. The maximum atomic E-state index is 12.5. The molecule has 0 fully saturated rings. The summed E-state index contributed by atoms with van der Waals surface area (Å²) < 4.78 is 5.84. The van der Waals surface area contributed by atoms with Crippen LogP contribution in [0.4, 0.5) is 0 Å². The molecular formula is C29H24N6O2. The van der Waals surface area contributed by atoms with Crippen LogP contribution in [0.2, 0.25) is 0 Å². The minimum atomic E-state index is -0.301. The van der Waals surface area contributed by atoms with Gasteiger partial charge in [-0.2, -0.15) is 9.90 Å². The van der Waals surface area contributed by atoms with Crippen molar-refractivity contribution < 1.29 is 9.53 Å². The molecule has 37 heavy (non-hydrogen) atoms. The Morgan fingerprint density at radius 3 is 2.41 bits per heavy atom. The Morgan fingerprint density at radius 1 is 0.865 bits per heavy atom. The molecule has 0 saturated heterocycles. The van der Waals surface area contributed by atoms with Crippen molar-refractivity contribution in [1.82, 2.24) is 25.6 Å². The van der Waals surface area contributed by atoms with Crippen LogP contribution in [0.15, 0.2) is 114 Å². The molecule has 5 aromatic rings. The van der Waals surface area contributed by atoms with Crippen molar-refractivity contribution in [3.05, 3.63) is 131 Å². The highest BCUT2D eigenvalue weighted by atomic mass is 16.5. The van der Waals surface area contributed by atoms with Crippen LogP contribution in [0, 0.1) is 0 Å². The van der Waals surface area contributed by atoms with E-state index < -0.39 is 0 Å². The molecule has 0 bridgehead atoms. The average Bonchev–Trinajstić information content (AvgIpc) is 3.42. The van der Waals surface area contributed by atoms with Gasteiger partial charge >= 0.3 is 0 Å². The molecule has 0 aliphatic heterocycles. The van der Waals surface area contributed by atoms with Crippen molar-refractivity contribution in [3.63, 3.8) is 0 Å². The van der Waals surface area contributed by atoms with Crippen LogP contribution in [0.3, 0.4) is 0 Å². The molecule has 8 heteroatoms. The Balaban J connectivity index is 1.13. The van der Waals surface area contributed by atoms with Gasteiger partial charge in [0.15, 0.2) is 0 Å². The lowest BCUT2D eigenvalue weighted by Gasteiger charge is -2.07. The second-order valence-electron chi connectivity index (χ2n) is 8.25. The van der Waals surface area contributed by atoms with E-state index in [1.807, 2.05) is 97.1 Å². The van der Waals surface area contributed by atoms with Gasteiger partial charge in [0.05, 0.1) is 12.8 Å². The number of tetrazole rings is 1. The van der Waals surface area contributed by atoms with Gasteiger partial charge in [-0.05, 0) is 46.2 Å². The molecule has 1 heterocycles. The summed E-state index contributed by atoms with van der Waals surface area (Å²) in [6.07, 6.45) is 1.59. The Labute approximate surface area is 214 Å². The van der Waals surface area contributed by atoms with Gasteiger partial charge in [0.1, 0.15) is 12.4 Å². The Morgan fingerprint density at radius 2 is 1.62 bits per heavy atom. The maximum Gasteiger partial charge on any atom is 0.271 e. The molecule has 0 saturated carbocycles. The van der Waals surface area contributed by atoms with Crippen molar-refractivity contribution in [3.8, 4) is 17.1 Å². The molecule has 1 amide bonds. The predicted molar refractivity (Wildman–Crippen MR) is 141 cm³/mol. The minimum absolute atomic E-state index is 0.301. The van der Waals surface area contributed by atoms with Crippen LogP contribution in [0.5, 0.6) is 5.75 Å². The highest BCUT2D eigenvalue weighted by Crippen LogP contribution is 2.15. The van der Waals surface area contributed by atoms with E-state index in [1.54, 1.807) is 18.3 Å². The molecule has 8 nitrogen and oxygen atoms in total. The number of aromatic nitrogens is 4. The fourth-order valence-electron chi connectivity index (χ4n) is 3.59. The van der Waals surface area contributed by atoms with Crippen molar-refractivity contribution in [1.29, 1.82) is 0 Å². The van der Waals surface area contributed by atoms with Crippen molar-refractivity contribution in [2.45, 2.75) is 13.2 Å². The summed E-state index contributed by atoms with van der Waals surface area (Å²) in [7, 11) is 0. The third kappa shape index (κ3) is 6.52. The molecule has 0 spiro atoms. The SMILES string of the molecule is O=C(N/N=C/c1cccc(OCc2ccccc2)c1)c1ccc(Cn2nnc(-c3ccccc3)n2)cc1. The Kier molecular flexibility index (Phi) is 7.37. The summed E-state index contributed by atoms with van der Waals surface area (Å²) in [6, 6.07) is 34.4. The van der Waals surface area contributed by atoms with E-state index in [4.69, 9.17) is 4.74 Å². The monoisotopic (exact) mass is 488 g/mol. The molecule has 0 radical (unpaired) electrons. The smallest absolute Gasteiger partial charge is 0.271 e. The first kappa shape index (κ1) is 23.6. The molecule has 0 aliphatic carbocycles. The topological polar surface area (TPSA) is 94.3 Å². The summed E-state index contributed by atoms with van der Waals surface area (Å²) in [5.41, 5.74) is 6.83. The second-order valence-corrected chi connectivity index (χ2v) is 8.25. The van der Waals surface area contributed by atoms with Crippen LogP contribution >= 0.6 is 0 Å². The van der Waals surface area contributed by atoms with Crippen LogP contribution in [0.25, 0.3) is 11.4 Å². The number of benzene rings is 4. The van der Waals surface area contributed by atoms with Gasteiger partial charge in [-0.1, -0.05) is 84.9 Å². The first-order valence-corrected chi connectivity index (χ1v) is 11.8. The summed E-state index contributed by atoms with van der Waals surface area (Å²) in [6.45, 7) is 0.928. The van der Waals surface area contributed by atoms with Gasteiger partial charge < -0.3 is 4.74 Å². The molecule has 4 aromatic carbocycles. The third-order valence-electron chi connectivity index (χ3n) is 5.51. The number of nitrogens with one attached hydrogen (secondary N) is 1. The number of hydrogen-bond acceptors (Lipinski definition) is 6. The molecule has 1 N–H and O–H groups in total. The first-order chi connectivity index (χ1) is 18.2. The van der Waals surface area contributed by atoms with E-state index in [9.17, 15) is 4.79 Å². The number of carbonyl (C=O) groups is 1. The van der Waals surface area contributed by atoms with Gasteiger partial charge in [0.25, 0.3) is 5.91 Å². The number of carbonyl (C=O) groups excluding carboxylic acids is 1. The van der Waals surface area contributed by atoms with Crippen LogP contribution in [0.1, 0.15) is 27.0 Å². The van der Waals surface area contributed by atoms with E-state index in [1.165, 1.54) is 4.80 Å². The minimum Gasteiger partial charge on any atom is -0.489 e. The summed E-state index contributed by atoms with van der Waals surface area (Å²) in [5.74, 6) is 1.000. The third-order valence-corrected chi connectivity index (χ3v) is 5.51. The number of hydrogen-bond donors (Lipinski definition) is 1. The molecule has 182 valence electrons. The normalized spacial score (nSPS) is 10.9. The lowest BCUT2D eigenvalue weighted by molar-refractivity contribution is 0.0955. The standard InChI is InChI=1S/C29H24N6O2/c36-29(32-30-19-24-10-7-13-27(18-24)37-21-23-8-3-1-4-9-23)26-16-14-22(15-17-26)20-35-33-28(31-34-35)25-11-5-2-6-12-25/h1-19H,20-21H2,(H,32,36)/b30-19+. The van der Waals surface area contributed by atoms with Crippen molar-refractivity contribution in [2.75, 3.05) is 0 Å². The largest absolute Gasteiger partial charge is 0.489 e. The molecule has 0 atom stereocenters. The number of amides is 1. The summed E-state index contributed by atoms with van der Waals surface area (Å²) in [5, 5.41) is 16.7. The van der Waals surface area contributed by atoms with E-state index in [0.717, 1.165) is 28.0 Å². The predicted octanol–water partition coefficient (Wildman–Crippen LogP) is 4.73. The summed E-state index contributed by atoms with van der Waals surface area (Å²) in [4.78, 5) is 14.0. The lowest BCUT2D eigenvalue weighted by atomic mass is 10.1. The van der Waals surface area contributed by atoms with Gasteiger partial charge in [0, 0.05) is 11.1 Å². The van der Waals surface area contributed by atoms with Crippen LogP contribution < -0.4 is 10.2 Å².